The van der Waals surface area contributed by atoms with Crippen molar-refractivity contribution in [3.05, 3.63) is 59.2 Å². The Bertz CT molecular complexity index is 935. The molecule has 2 aromatic rings. The maximum atomic E-state index is 12.7. The van der Waals surface area contributed by atoms with Crippen molar-refractivity contribution < 1.29 is 19.1 Å². The molecule has 1 N–H and O–H groups in total. The van der Waals surface area contributed by atoms with E-state index in [2.05, 4.69) is 5.32 Å². The number of likely N-dealkylation sites (tertiary alicyclic amines) is 1. The number of amides is 2. The fourth-order valence-electron chi connectivity index (χ4n) is 4.14. The van der Waals surface area contributed by atoms with Gasteiger partial charge >= 0.3 is 0 Å². The number of fused-ring (bicyclic) bond motifs is 1. The third-order valence-corrected chi connectivity index (χ3v) is 6.01. The van der Waals surface area contributed by atoms with E-state index in [-0.39, 0.29) is 17.9 Å². The van der Waals surface area contributed by atoms with Crippen LogP contribution in [0.25, 0.3) is 0 Å². The van der Waals surface area contributed by atoms with E-state index in [1.807, 2.05) is 54.3 Å². The molecule has 0 aromatic heterocycles. The Labute approximate surface area is 183 Å². The van der Waals surface area contributed by atoms with Crippen LogP contribution in [0.1, 0.15) is 47.2 Å². The molecule has 31 heavy (non-hydrogen) atoms. The SMILES string of the molecule is Cc1ccccc1C(=O)NC1CCN(C(=O)CCc2ccc3c(c2)OCCCO3)CC1. The Balaban J connectivity index is 1.24. The summed E-state index contributed by atoms with van der Waals surface area (Å²) in [4.78, 5) is 27.1. The molecule has 2 aliphatic rings. The Kier molecular flexibility index (Phi) is 6.75. The van der Waals surface area contributed by atoms with Crippen LogP contribution in [0, 0.1) is 6.92 Å². The molecule has 0 spiro atoms. The molecule has 0 radical (unpaired) electrons. The highest BCUT2D eigenvalue weighted by atomic mass is 16.5. The van der Waals surface area contributed by atoms with E-state index in [9.17, 15) is 9.59 Å². The van der Waals surface area contributed by atoms with Gasteiger partial charge in [-0.25, -0.2) is 0 Å². The van der Waals surface area contributed by atoms with Crippen molar-refractivity contribution in [2.75, 3.05) is 26.3 Å². The second kappa shape index (κ2) is 9.86. The fourth-order valence-corrected chi connectivity index (χ4v) is 4.14. The van der Waals surface area contributed by atoms with Crippen LogP contribution in [-0.4, -0.2) is 49.1 Å². The summed E-state index contributed by atoms with van der Waals surface area (Å²) in [5.74, 6) is 1.68. The molecule has 6 nitrogen and oxygen atoms in total. The number of hydrogen-bond donors (Lipinski definition) is 1. The Morgan fingerprint density at radius 3 is 2.55 bits per heavy atom. The maximum Gasteiger partial charge on any atom is 0.251 e. The van der Waals surface area contributed by atoms with Gasteiger partial charge in [-0.2, -0.15) is 0 Å². The third kappa shape index (κ3) is 5.37. The maximum absolute atomic E-state index is 12.7. The van der Waals surface area contributed by atoms with Crippen molar-refractivity contribution >= 4 is 11.8 Å². The summed E-state index contributed by atoms with van der Waals surface area (Å²) in [6, 6.07) is 13.6. The monoisotopic (exact) mass is 422 g/mol. The van der Waals surface area contributed by atoms with Crippen molar-refractivity contribution in [2.45, 2.75) is 45.1 Å². The molecule has 2 aliphatic heterocycles. The number of nitrogens with one attached hydrogen (secondary N) is 1. The van der Waals surface area contributed by atoms with Crippen LogP contribution >= 0.6 is 0 Å². The van der Waals surface area contributed by atoms with Crippen molar-refractivity contribution in [2.24, 2.45) is 0 Å². The number of benzene rings is 2. The first-order valence-electron chi connectivity index (χ1n) is 11.1. The highest BCUT2D eigenvalue weighted by Gasteiger charge is 2.24. The lowest BCUT2D eigenvalue weighted by Crippen LogP contribution is -2.46. The number of carbonyl (C=O) groups is 2. The summed E-state index contributed by atoms with van der Waals surface area (Å²) in [7, 11) is 0. The zero-order valence-electron chi connectivity index (χ0n) is 18.1. The zero-order valence-corrected chi connectivity index (χ0v) is 18.1. The van der Waals surface area contributed by atoms with Gasteiger partial charge in [0, 0.05) is 37.5 Å². The van der Waals surface area contributed by atoms with E-state index in [0.717, 1.165) is 47.5 Å². The lowest BCUT2D eigenvalue weighted by molar-refractivity contribution is -0.132. The molecular formula is C25H30N2O4. The van der Waals surface area contributed by atoms with E-state index in [1.54, 1.807) is 0 Å². The molecule has 2 aromatic carbocycles. The van der Waals surface area contributed by atoms with E-state index in [4.69, 9.17) is 9.47 Å². The zero-order chi connectivity index (χ0) is 21.6. The molecule has 2 heterocycles. The number of nitrogens with zero attached hydrogens (tertiary/aromatic N) is 1. The first kappa shape index (κ1) is 21.2. The first-order valence-corrected chi connectivity index (χ1v) is 11.1. The van der Waals surface area contributed by atoms with Crippen LogP contribution in [0.5, 0.6) is 11.5 Å². The molecular weight excluding hydrogens is 392 g/mol. The van der Waals surface area contributed by atoms with Gasteiger partial charge in [0.2, 0.25) is 5.91 Å². The number of carbonyl (C=O) groups excluding carboxylic acids is 2. The van der Waals surface area contributed by atoms with Gasteiger partial charge in [-0.05, 0) is 55.5 Å². The summed E-state index contributed by atoms with van der Waals surface area (Å²) in [5, 5.41) is 3.12. The van der Waals surface area contributed by atoms with Gasteiger partial charge in [-0.15, -0.1) is 0 Å². The normalized spacial score (nSPS) is 16.5. The van der Waals surface area contributed by atoms with Gasteiger partial charge < -0.3 is 19.7 Å². The van der Waals surface area contributed by atoms with Crippen molar-refractivity contribution in [3.63, 3.8) is 0 Å². The van der Waals surface area contributed by atoms with Gasteiger partial charge in [0.15, 0.2) is 11.5 Å². The summed E-state index contributed by atoms with van der Waals surface area (Å²) in [5.41, 5.74) is 2.77. The van der Waals surface area contributed by atoms with Crippen molar-refractivity contribution in [1.29, 1.82) is 0 Å². The largest absolute Gasteiger partial charge is 0.490 e. The molecule has 0 bridgehead atoms. The average Bonchev–Trinajstić information content (AvgIpc) is 3.03. The second-order valence-corrected chi connectivity index (χ2v) is 8.28. The molecule has 0 aliphatic carbocycles. The van der Waals surface area contributed by atoms with Crippen LogP contribution in [0.2, 0.25) is 0 Å². The number of hydrogen-bond acceptors (Lipinski definition) is 4. The fraction of sp³-hybridized carbons (Fsp3) is 0.440. The van der Waals surface area contributed by atoms with Crippen LogP contribution in [-0.2, 0) is 11.2 Å². The van der Waals surface area contributed by atoms with Gasteiger partial charge in [0.25, 0.3) is 5.91 Å². The predicted octanol–water partition coefficient (Wildman–Crippen LogP) is 3.51. The van der Waals surface area contributed by atoms with Gasteiger partial charge in [0.05, 0.1) is 13.2 Å². The Morgan fingerprint density at radius 2 is 1.77 bits per heavy atom. The van der Waals surface area contributed by atoms with Crippen LogP contribution in [0.15, 0.2) is 42.5 Å². The highest BCUT2D eigenvalue weighted by molar-refractivity contribution is 5.95. The second-order valence-electron chi connectivity index (χ2n) is 8.28. The number of rotatable bonds is 5. The average molecular weight is 423 g/mol. The van der Waals surface area contributed by atoms with Gasteiger partial charge in [-0.1, -0.05) is 24.3 Å². The van der Waals surface area contributed by atoms with E-state index in [1.165, 1.54) is 0 Å². The topological polar surface area (TPSA) is 67.9 Å². The minimum Gasteiger partial charge on any atom is -0.490 e. The van der Waals surface area contributed by atoms with Crippen LogP contribution in [0.3, 0.4) is 0 Å². The van der Waals surface area contributed by atoms with E-state index in [0.29, 0.717) is 39.1 Å². The summed E-state index contributed by atoms with van der Waals surface area (Å²) in [6.45, 7) is 4.63. The standard InChI is InChI=1S/C25H30N2O4/c1-18-5-2-3-6-21(18)25(29)26-20-11-13-27(14-12-20)24(28)10-8-19-7-9-22-23(17-19)31-16-4-15-30-22/h2-3,5-7,9,17,20H,4,8,10-16H2,1H3,(H,26,29). The van der Waals surface area contributed by atoms with Gasteiger partial charge in [0.1, 0.15) is 0 Å². The predicted molar refractivity (Wildman–Crippen MR) is 119 cm³/mol. The summed E-state index contributed by atoms with van der Waals surface area (Å²) in [6.07, 6.45) is 3.60. The lowest BCUT2D eigenvalue weighted by Gasteiger charge is -2.32. The molecule has 1 fully saturated rings. The Morgan fingerprint density at radius 1 is 1.03 bits per heavy atom. The third-order valence-electron chi connectivity index (χ3n) is 6.01. The molecule has 4 rings (SSSR count). The minimum atomic E-state index is -0.0303. The highest BCUT2D eigenvalue weighted by Crippen LogP contribution is 2.30. The Hall–Kier alpha value is -3.02. The molecule has 0 atom stereocenters. The van der Waals surface area contributed by atoms with Crippen LogP contribution < -0.4 is 14.8 Å². The number of ether oxygens (including phenoxy) is 2. The first-order chi connectivity index (χ1) is 15.1. The number of aryl methyl sites for hydroxylation is 2. The molecule has 1 saturated heterocycles. The smallest absolute Gasteiger partial charge is 0.251 e. The van der Waals surface area contributed by atoms with E-state index < -0.39 is 0 Å². The molecule has 2 amide bonds. The minimum absolute atomic E-state index is 0.0303. The van der Waals surface area contributed by atoms with E-state index >= 15 is 0 Å². The molecule has 0 unspecified atom stereocenters. The molecule has 164 valence electrons. The van der Waals surface area contributed by atoms with Gasteiger partial charge in [-0.3, -0.25) is 9.59 Å². The van der Waals surface area contributed by atoms with Crippen molar-refractivity contribution in [3.8, 4) is 11.5 Å². The lowest BCUT2D eigenvalue weighted by atomic mass is 10.0. The quantitative estimate of drug-likeness (QED) is 0.801. The van der Waals surface area contributed by atoms with Crippen LogP contribution in [0.4, 0.5) is 0 Å². The molecule has 6 heteroatoms. The molecule has 0 saturated carbocycles. The number of piperidine rings is 1. The van der Waals surface area contributed by atoms with Crippen molar-refractivity contribution in [1.82, 2.24) is 10.2 Å². The summed E-state index contributed by atoms with van der Waals surface area (Å²) >= 11 is 0. The summed E-state index contributed by atoms with van der Waals surface area (Å²) < 4.78 is 11.4.